The van der Waals surface area contributed by atoms with Crippen LogP contribution in [0.1, 0.15) is 50.2 Å². The average molecular weight is 289 g/mol. The van der Waals surface area contributed by atoms with Crippen molar-refractivity contribution in [1.29, 1.82) is 0 Å². The van der Waals surface area contributed by atoms with Gasteiger partial charge in [-0.25, -0.2) is 4.98 Å². The van der Waals surface area contributed by atoms with Gasteiger partial charge < -0.3 is 10.2 Å². The van der Waals surface area contributed by atoms with Crippen LogP contribution >= 0.6 is 0 Å². The van der Waals surface area contributed by atoms with E-state index in [1.54, 1.807) is 0 Å². The van der Waals surface area contributed by atoms with Gasteiger partial charge in [0.15, 0.2) is 0 Å². The quantitative estimate of drug-likeness (QED) is 0.905. The van der Waals surface area contributed by atoms with E-state index in [-0.39, 0.29) is 5.91 Å². The molecule has 1 fully saturated rings. The minimum Gasteiger partial charge on any atom is -0.370 e. The van der Waals surface area contributed by atoms with Gasteiger partial charge in [-0.3, -0.25) is 4.79 Å². The molecule has 0 aromatic carbocycles. The lowest BCUT2D eigenvalue weighted by Crippen LogP contribution is -2.29. The lowest BCUT2D eigenvalue weighted by Gasteiger charge is -2.17. The number of hydrogen-bond donors (Lipinski definition) is 1. The van der Waals surface area contributed by atoms with E-state index in [1.807, 2.05) is 17.0 Å². The van der Waals surface area contributed by atoms with E-state index in [0.717, 1.165) is 49.6 Å². The second kappa shape index (κ2) is 6.92. The van der Waals surface area contributed by atoms with Crippen molar-refractivity contribution in [2.75, 3.05) is 25.0 Å². The van der Waals surface area contributed by atoms with Gasteiger partial charge in [-0.05, 0) is 36.8 Å². The molecule has 1 saturated heterocycles. The van der Waals surface area contributed by atoms with E-state index in [4.69, 9.17) is 0 Å². The molecule has 0 saturated carbocycles. The zero-order valence-electron chi connectivity index (χ0n) is 13.6. The van der Waals surface area contributed by atoms with Crippen molar-refractivity contribution in [1.82, 2.24) is 9.88 Å². The van der Waals surface area contributed by atoms with Crippen LogP contribution in [0.4, 0.5) is 5.82 Å². The number of hydrogen-bond acceptors (Lipinski definition) is 3. The van der Waals surface area contributed by atoms with Gasteiger partial charge in [-0.15, -0.1) is 0 Å². The number of likely N-dealkylation sites (tertiary alicyclic amines) is 1. The summed E-state index contributed by atoms with van der Waals surface area (Å²) in [7, 11) is 0. The molecule has 1 N–H and O–H groups in total. The van der Waals surface area contributed by atoms with Crippen molar-refractivity contribution in [2.45, 2.75) is 40.5 Å². The van der Waals surface area contributed by atoms with Crippen molar-refractivity contribution >= 4 is 11.7 Å². The first-order valence-corrected chi connectivity index (χ1v) is 8.09. The first kappa shape index (κ1) is 15.8. The number of pyridine rings is 1. The fourth-order valence-electron chi connectivity index (χ4n) is 2.71. The minimum absolute atomic E-state index is 0.142. The highest BCUT2D eigenvalue weighted by Gasteiger charge is 2.30. The molecule has 0 aliphatic carbocycles. The van der Waals surface area contributed by atoms with Crippen molar-refractivity contribution in [3.8, 4) is 0 Å². The third-order valence-electron chi connectivity index (χ3n) is 4.32. The molecular weight excluding hydrogens is 262 g/mol. The van der Waals surface area contributed by atoms with E-state index < -0.39 is 0 Å². The Balaban J connectivity index is 2.19. The number of nitrogens with zero attached hydrogens (tertiary/aromatic N) is 2. The van der Waals surface area contributed by atoms with Crippen molar-refractivity contribution < 1.29 is 4.79 Å². The number of anilines is 1. The molecule has 0 radical (unpaired) electrons. The SMILES string of the molecule is CCCNc1cc(C(=O)N2CC(C)C(C)C2)cc(CC)n1. The predicted octanol–water partition coefficient (Wildman–Crippen LogP) is 3.19. The topological polar surface area (TPSA) is 45.2 Å². The fourth-order valence-corrected chi connectivity index (χ4v) is 2.71. The summed E-state index contributed by atoms with van der Waals surface area (Å²) in [5, 5.41) is 3.29. The lowest BCUT2D eigenvalue weighted by molar-refractivity contribution is 0.0785. The molecule has 4 heteroatoms. The Hall–Kier alpha value is -1.58. The standard InChI is InChI=1S/C17H27N3O/c1-5-7-18-16-9-14(8-15(6-2)19-16)17(21)20-10-12(3)13(4)11-20/h8-9,12-13H,5-7,10-11H2,1-4H3,(H,18,19). The van der Waals surface area contributed by atoms with Crippen LogP contribution in [0.15, 0.2) is 12.1 Å². The van der Waals surface area contributed by atoms with Gasteiger partial charge in [0.25, 0.3) is 5.91 Å². The molecule has 0 spiro atoms. The van der Waals surface area contributed by atoms with Crippen molar-refractivity contribution in [3.63, 3.8) is 0 Å². The first-order valence-electron chi connectivity index (χ1n) is 8.09. The summed E-state index contributed by atoms with van der Waals surface area (Å²) in [4.78, 5) is 19.2. The van der Waals surface area contributed by atoms with E-state index in [9.17, 15) is 4.79 Å². The molecule has 116 valence electrons. The summed E-state index contributed by atoms with van der Waals surface area (Å²) < 4.78 is 0. The van der Waals surface area contributed by atoms with Gasteiger partial charge in [-0.2, -0.15) is 0 Å². The van der Waals surface area contributed by atoms with E-state index in [2.05, 4.69) is 38.0 Å². The highest BCUT2D eigenvalue weighted by molar-refractivity contribution is 5.95. The Kier molecular flexibility index (Phi) is 5.21. The summed E-state index contributed by atoms with van der Waals surface area (Å²) in [5.74, 6) is 2.13. The van der Waals surface area contributed by atoms with Gasteiger partial charge in [0.1, 0.15) is 5.82 Å². The van der Waals surface area contributed by atoms with Gasteiger partial charge in [0.05, 0.1) is 0 Å². The number of carbonyl (C=O) groups excluding carboxylic acids is 1. The Labute approximate surface area is 127 Å². The largest absolute Gasteiger partial charge is 0.370 e. The second-order valence-electron chi connectivity index (χ2n) is 6.18. The molecule has 4 nitrogen and oxygen atoms in total. The van der Waals surface area contributed by atoms with Crippen LogP contribution in [0.2, 0.25) is 0 Å². The molecule has 2 unspecified atom stereocenters. The van der Waals surface area contributed by atoms with Gasteiger partial charge in [0.2, 0.25) is 0 Å². The van der Waals surface area contributed by atoms with Crippen LogP contribution in [0.5, 0.6) is 0 Å². The van der Waals surface area contributed by atoms with Crippen LogP contribution in [0.3, 0.4) is 0 Å². The molecule has 1 aromatic rings. The van der Waals surface area contributed by atoms with Crippen LogP contribution in [-0.2, 0) is 6.42 Å². The predicted molar refractivity (Wildman–Crippen MR) is 86.6 cm³/mol. The molecule has 21 heavy (non-hydrogen) atoms. The average Bonchev–Trinajstić information content (AvgIpc) is 2.83. The summed E-state index contributed by atoms with van der Waals surface area (Å²) in [6.07, 6.45) is 1.89. The molecule has 1 amide bonds. The van der Waals surface area contributed by atoms with Crippen LogP contribution in [-0.4, -0.2) is 35.4 Å². The summed E-state index contributed by atoms with van der Waals surface area (Å²) >= 11 is 0. The maximum absolute atomic E-state index is 12.7. The Bertz CT molecular complexity index is 491. The Morgan fingerprint density at radius 1 is 1.29 bits per heavy atom. The van der Waals surface area contributed by atoms with Crippen LogP contribution in [0, 0.1) is 11.8 Å². The highest BCUT2D eigenvalue weighted by Crippen LogP contribution is 2.24. The fraction of sp³-hybridized carbons (Fsp3) is 0.647. The molecular formula is C17H27N3O. The zero-order valence-corrected chi connectivity index (χ0v) is 13.6. The normalized spacial score (nSPS) is 21.6. The smallest absolute Gasteiger partial charge is 0.254 e. The molecule has 1 aliphatic heterocycles. The van der Waals surface area contributed by atoms with Gasteiger partial charge in [0, 0.05) is 30.9 Å². The van der Waals surface area contributed by atoms with Crippen molar-refractivity contribution in [3.05, 3.63) is 23.4 Å². The summed E-state index contributed by atoms with van der Waals surface area (Å²) in [5.41, 5.74) is 1.74. The zero-order chi connectivity index (χ0) is 15.4. The number of aromatic nitrogens is 1. The third kappa shape index (κ3) is 3.74. The molecule has 1 aromatic heterocycles. The number of nitrogens with one attached hydrogen (secondary N) is 1. The maximum atomic E-state index is 12.7. The number of rotatable bonds is 5. The third-order valence-corrected chi connectivity index (χ3v) is 4.32. The lowest BCUT2D eigenvalue weighted by atomic mass is 10.0. The Morgan fingerprint density at radius 2 is 1.95 bits per heavy atom. The molecule has 2 atom stereocenters. The number of aryl methyl sites for hydroxylation is 1. The molecule has 1 aliphatic rings. The summed E-state index contributed by atoms with van der Waals surface area (Å²) in [6, 6.07) is 3.83. The van der Waals surface area contributed by atoms with Crippen LogP contribution in [0.25, 0.3) is 0 Å². The molecule has 2 rings (SSSR count). The van der Waals surface area contributed by atoms with E-state index in [1.165, 1.54) is 0 Å². The van der Waals surface area contributed by atoms with Gasteiger partial charge >= 0.3 is 0 Å². The van der Waals surface area contributed by atoms with E-state index in [0.29, 0.717) is 11.8 Å². The molecule has 0 bridgehead atoms. The monoisotopic (exact) mass is 289 g/mol. The summed E-state index contributed by atoms with van der Waals surface area (Å²) in [6.45, 7) is 11.2. The first-order chi connectivity index (χ1) is 10.0. The number of amides is 1. The van der Waals surface area contributed by atoms with Crippen LogP contribution < -0.4 is 5.32 Å². The van der Waals surface area contributed by atoms with Gasteiger partial charge in [-0.1, -0.05) is 27.7 Å². The van der Waals surface area contributed by atoms with Crippen molar-refractivity contribution in [2.24, 2.45) is 11.8 Å². The maximum Gasteiger partial charge on any atom is 0.254 e. The van der Waals surface area contributed by atoms with E-state index >= 15 is 0 Å². The second-order valence-corrected chi connectivity index (χ2v) is 6.18. The minimum atomic E-state index is 0.142. The Morgan fingerprint density at radius 3 is 2.52 bits per heavy atom. The highest BCUT2D eigenvalue weighted by atomic mass is 16.2. The molecule has 2 heterocycles. The number of carbonyl (C=O) groups is 1.